The number of rotatable bonds is 3. The molecular weight excluding hydrogens is 218 g/mol. The molecule has 1 aromatic carbocycles. The molecule has 1 nitrogen and oxygen atoms in total. The number of thiophene rings is 1. The first-order chi connectivity index (χ1) is 7.18. The quantitative estimate of drug-likeness (QED) is 0.856. The highest BCUT2D eigenvalue weighted by Crippen LogP contribution is 2.27. The van der Waals surface area contributed by atoms with Gasteiger partial charge in [-0.3, -0.25) is 0 Å². The summed E-state index contributed by atoms with van der Waals surface area (Å²) < 4.78 is 25.4. The molecule has 0 aliphatic rings. The van der Waals surface area contributed by atoms with E-state index in [-0.39, 0.29) is 6.42 Å². The fourth-order valence-corrected chi connectivity index (χ4v) is 2.48. The van der Waals surface area contributed by atoms with Crippen LogP contribution in [0.4, 0.5) is 8.78 Å². The van der Waals surface area contributed by atoms with Crippen molar-refractivity contribution < 1.29 is 13.9 Å². The SMILES string of the molecule is OC(Cc1csc2ccccc12)C(F)F. The number of halogens is 2. The van der Waals surface area contributed by atoms with Gasteiger partial charge in [-0.1, -0.05) is 18.2 Å². The Morgan fingerprint density at radius 1 is 1.27 bits per heavy atom. The minimum Gasteiger partial charge on any atom is -0.387 e. The molecule has 0 spiro atoms. The van der Waals surface area contributed by atoms with Crippen LogP contribution in [0.5, 0.6) is 0 Å². The van der Waals surface area contributed by atoms with E-state index in [0.717, 1.165) is 15.6 Å². The molecule has 0 saturated heterocycles. The van der Waals surface area contributed by atoms with E-state index in [1.54, 1.807) is 0 Å². The van der Waals surface area contributed by atoms with Crippen molar-refractivity contribution in [3.63, 3.8) is 0 Å². The maximum Gasteiger partial charge on any atom is 0.264 e. The Bertz CT molecular complexity index is 453. The van der Waals surface area contributed by atoms with E-state index in [2.05, 4.69) is 0 Å². The Hall–Kier alpha value is -1.00. The second-order valence-electron chi connectivity index (χ2n) is 3.36. The maximum absolute atomic E-state index is 12.2. The minimum absolute atomic E-state index is 0.0156. The van der Waals surface area contributed by atoms with Crippen LogP contribution in [0.15, 0.2) is 29.6 Å². The smallest absolute Gasteiger partial charge is 0.264 e. The maximum atomic E-state index is 12.2. The molecule has 0 aliphatic heterocycles. The lowest BCUT2D eigenvalue weighted by Crippen LogP contribution is -2.19. The van der Waals surface area contributed by atoms with Gasteiger partial charge in [-0.15, -0.1) is 11.3 Å². The average molecular weight is 228 g/mol. The van der Waals surface area contributed by atoms with Crippen molar-refractivity contribution in [2.24, 2.45) is 0 Å². The number of aliphatic hydroxyl groups is 1. The van der Waals surface area contributed by atoms with E-state index in [1.165, 1.54) is 11.3 Å². The summed E-state index contributed by atoms with van der Waals surface area (Å²) in [5.74, 6) is 0. The predicted molar refractivity (Wildman–Crippen MR) is 57.5 cm³/mol. The summed E-state index contributed by atoms with van der Waals surface area (Å²) >= 11 is 1.51. The summed E-state index contributed by atoms with van der Waals surface area (Å²) in [5, 5.41) is 11.9. The molecule has 1 N–H and O–H groups in total. The van der Waals surface area contributed by atoms with E-state index in [1.807, 2.05) is 29.6 Å². The zero-order valence-electron chi connectivity index (χ0n) is 7.86. The Labute approximate surface area is 90.0 Å². The van der Waals surface area contributed by atoms with Gasteiger partial charge in [0.2, 0.25) is 0 Å². The summed E-state index contributed by atoms with van der Waals surface area (Å²) in [4.78, 5) is 0. The first-order valence-electron chi connectivity index (χ1n) is 4.60. The highest BCUT2D eigenvalue weighted by molar-refractivity contribution is 7.17. The van der Waals surface area contributed by atoms with Crippen LogP contribution in [-0.2, 0) is 6.42 Å². The van der Waals surface area contributed by atoms with Gasteiger partial charge in [0, 0.05) is 11.1 Å². The monoisotopic (exact) mass is 228 g/mol. The molecule has 1 unspecified atom stereocenters. The molecule has 0 fully saturated rings. The van der Waals surface area contributed by atoms with Gasteiger partial charge in [0.1, 0.15) is 6.10 Å². The number of hydrogen-bond acceptors (Lipinski definition) is 2. The van der Waals surface area contributed by atoms with Crippen LogP contribution in [0.2, 0.25) is 0 Å². The van der Waals surface area contributed by atoms with E-state index >= 15 is 0 Å². The van der Waals surface area contributed by atoms with Gasteiger partial charge in [-0.2, -0.15) is 0 Å². The van der Waals surface area contributed by atoms with Crippen LogP contribution >= 0.6 is 11.3 Å². The fraction of sp³-hybridized carbons (Fsp3) is 0.273. The number of hydrogen-bond donors (Lipinski definition) is 1. The van der Waals surface area contributed by atoms with E-state index < -0.39 is 12.5 Å². The molecule has 1 aromatic heterocycles. The van der Waals surface area contributed by atoms with Gasteiger partial charge >= 0.3 is 0 Å². The van der Waals surface area contributed by atoms with Gasteiger partial charge in [-0.05, 0) is 22.4 Å². The van der Waals surface area contributed by atoms with Gasteiger partial charge in [0.05, 0.1) is 0 Å². The standard InChI is InChI=1S/C11H10F2OS/c12-11(13)9(14)5-7-6-15-10-4-2-1-3-8(7)10/h1-4,6,9,11,14H,5H2. The van der Waals surface area contributed by atoms with Crippen LogP contribution < -0.4 is 0 Å². The summed E-state index contributed by atoms with van der Waals surface area (Å²) in [5.41, 5.74) is 0.795. The number of aliphatic hydroxyl groups excluding tert-OH is 1. The molecule has 4 heteroatoms. The average Bonchev–Trinajstić information content (AvgIpc) is 2.62. The van der Waals surface area contributed by atoms with Crippen molar-refractivity contribution in [3.05, 3.63) is 35.2 Å². The van der Waals surface area contributed by atoms with Crippen molar-refractivity contribution in [1.29, 1.82) is 0 Å². The van der Waals surface area contributed by atoms with E-state index in [9.17, 15) is 8.78 Å². The Morgan fingerprint density at radius 3 is 2.73 bits per heavy atom. The number of fused-ring (bicyclic) bond motifs is 1. The second-order valence-corrected chi connectivity index (χ2v) is 4.27. The van der Waals surface area contributed by atoms with Crippen molar-refractivity contribution in [2.75, 3.05) is 0 Å². The van der Waals surface area contributed by atoms with Crippen molar-refractivity contribution in [3.8, 4) is 0 Å². The minimum atomic E-state index is -2.68. The Kier molecular flexibility index (Phi) is 2.98. The molecule has 15 heavy (non-hydrogen) atoms. The molecule has 80 valence electrons. The Balaban J connectivity index is 2.29. The lowest BCUT2D eigenvalue weighted by Gasteiger charge is -2.07. The zero-order chi connectivity index (χ0) is 10.8. The normalized spacial score (nSPS) is 13.6. The largest absolute Gasteiger partial charge is 0.387 e. The molecular formula is C11H10F2OS. The Morgan fingerprint density at radius 2 is 2.00 bits per heavy atom. The van der Waals surface area contributed by atoms with Gasteiger partial charge < -0.3 is 5.11 Å². The third kappa shape index (κ3) is 2.16. The molecule has 1 heterocycles. The van der Waals surface area contributed by atoms with Crippen LogP contribution in [-0.4, -0.2) is 17.6 Å². The molecule has 0 amide bonds. The summed E-state index contributed by atoms with van der Waals surface area (Å²) in [7, 11) is 0. The topological polar surface area (TPSA) is 20.2 Å². The molecule has 2 aromatic rings. The van der Waals surface area contributed by atoms with Crippen LogP contribution in [0.25, 0.3) is 10.1 Å². The lowest BCUT2D eigenvalue weighted by atomic mass is 10.1. The van der Waals surface area contributed by atoms with E-state index in [4.69, 9.17) is 5.11 Å². The summed E-state index contributed by atoms with van der Waals surface area (Å²) in [6.07, 6.45) is -4.23. The van der Waals surface area contributed by atoms with Gasteiger partial charge in [0.15, 0.2) is 0 Å². The number of benzene rings is 1. The molecule has 0 saturated carbocycles. The highest BCUT2D eigenvalue weighted by Gasteiger charge is 2.18. The summed E-state index contributed by atoms with van der Waals surface area (Å²) in [6.45, 7) is 0. The lowest BCUT2D eigenvalue weighted by molar-refractivity contribution is -0.00344. The predicted octanol–water partition coefficient (Wildman–Crippen LogP) is 3.07. The van der Waals surface area contributed by atoms with Crippen LogP contribution in [0, 0.1) is 0 Å². The number of alkyl halides is 2. The van der Waals surface area contributed by atoms with Crippen molar-refractivity contribution >= 4 is 21.4 Å². The molecule has 2 rings (SSSR count). The second kappa shape index (κ2) is 4.24. The fourth-order valence-electron chi connectivity index (χ4n) is 1.51. The third-order valence-electron chi connectivity index (χ3n) is 2.28. The van der Waals surface area contributed by atoms with Gasteiger partial charge in [-0.25, -0.2) is 8.78 Å². The highest BCUT2D eigenvalue weighted by atomic mass is 32.1. The van der Waals surface area contributed by atoms with E-state index in [0.29, 0.717) is 0 Å². The first-order valence-corrected chi connectivity index (χ1v) is 5.48. The van der Waals surface area contributed by atoms with Crippen molar-refractivity contribution in [2.45, 2.75) is 19.0 Å². The van der Waals surface area contributed by atoms with Crippen LogP contribution in [0.1, 0.15) is 5.56 Å². The van der Waals surface area contributed by atoms with Crippen LogP contribution in [0.3, 0.4) is 0 Å². The van der Waals surface area contributed by atoms with Gasteiger partial charge in [0.25, 0.3) is 6.43 Å². The first kappa shape index (κ1) is 10.5. The van der Waals surface area contributed by atoms with Crippen molar-refractivity contribution in [1.82, 2.24) is 0 Å². The molecule has 0 aliphatic carbocycles. The molecule has 1 atom stereocenters. The summed E-state index contributed by atoms with van der Waals surface area (Å²) in [6, 6.07) is 7.61. The zero-order valence-corrected chi connectivity index (χ0v) is 8.68. The third-order valence-corrected chi connectivity index (χ3v) is 3.29. The molecule has 0 bridgehead atoms. The molecule has 0 radical (unpaired) electrons.